The Hall–Kier alpha value is 0.0700. The molecule has 1 aliphatic heterocycles. The van der Waals surface area contributed by atoms with E-state index in [9.17, 15) is 4.57 Å². The summed E-state index contributed by atoms with van der Waals surface area (Å²) in [6.45, 7) is 12.7. The fraction of sp³-hybridized carbons (Fsp3) is 1.00. The van der Waals surface area contributed by atoms with Crippen molar-refractivity contribution in [2.75, 3.05) is 19.8 Å². The second kappa shape index (κ2) is 5.59. The molecule has 5 nitrogen and oxygen atoms in total. The van der Waals surface area contributed by atoms with Crippen LogP contribution < -0.4 is 5.32 Å². The SMILES string of the molecule is CCOP(=O)(OCC)C1NC(C)(C)OCC1(C)C. The minimum Gasteiger partial charge on any atom is -0.361 e. The molecule has 1 rings (SSSR count). The summed E-state index contributed by atoms with van der Waals surface area (Å²) in [4.78, 5) is 0. The summed E-state index contributed by atoms with van der Waals surface area (Å²) in [6.07, 6.45) is 0. The van der Waals surface area contributed by atoms with E-state index in [2.05, 4.69) is 5.32 Å². The monoisotopic (exact) mass is 279 g/mol. The average Bonchev–Trinajstić information content (AvgIpc) is 2.23. The molecule has 0 aromatic heterocycles. The Balaban J connectivity index is 3.02. The molecule has 6 heteroatoms. The van der Waals surface area contributed by atoms with Gasteiger partial charge < -0.3 is 13.8 Å². The maximum Gasteiger partial charge on any atom is 0.348 e. The van der Waals surface area contributed by atoms with Gasteiger partial charge in [-0.1, -0.05) is 13.8 Å². The highest BCUT2D eigenvalue weighted by Crippen LogP contribution is 2.59. The van der Waals surface area contributed by atoms with Gasteiger partial charge >= 0.3 is 7.60 Å². The topological polar surface area (TPSA) is 56.8 Å². The van der Waals surface area contributed by atoms with Crippen molar-refractivity contribution >= 4 is 7.60 Å². The molecule has 0 aromatic rings. The molecule has 1 heterocycles. The molecule has 0 radical (unpaired) electrons. The van der Waals surface area contributed by atoms with Crippen LogP contribution in [0.25, 0.3) is 0 Å². The molecule has 108 valence electrons. The van der Waals surface area contributed by atoms with Gasteiger partial charge in [0.1, 0.15) is 11.5 Å². The predicted octanol–water partition coefficient (Wildman–Crippen LogP) is 2.96. The van der Waals surface area contributed by atoms with Crippen LogP contribution in [0.1, 0.15) is 41.5 Å². The van der Waals surface area contributed by atoms with E-state index < -0.39 is 13.3 Å². The Kier molecular flexibility index (Phi) is 5.01. The lowest BCUT2D eigenvalue weighted by Crippen LogP contribution is -2.60. The zero-order valence-electron chi connectivity index (χ0n) is 12.3. The first-order valence-corrected chi connectivity index (χ1v) is 8.08. The standard InChI is InChI=1S/C12H26NO4P/c1-7-16-18(14,17-8-2)10-11(3,4)9-15-12(5,6)13-10/h10,13H,7-9H2,1-6H3. The number of ether oxygens (including phenoxy) is 1. The first-order chi connectivity index (χ1) is 8.17. The van der Waals surface area contributed by atoms with Crippen LogP contribution in [0.2, 0.25) is 0 Å². The van der Waals surface area contributed by atoms with Crippen molar-refractivity contribution in [1.29, 1.82) is 0 Å². The molecule has 0 saturated carbocycles. The maximum absolute atomic E-state index is 12.9. The van der Waals surface area contributed by atoms with E-state index in [0.29, 0.717) is 19.8 Å². The van der Waals surface area contributed by atoms with Crippen LogP contribution >= 0.6 is 7.60 Å². The Morgan fingerprint density at radius 2 is 1.72 bits per heavy atom. The van der Waals surface area contributed by atoms with E-state index in [-0.39, 0.29) is 11.2 Å². The van der Waals surface area contributed by atoms with Gasteiger partial charge in [0, 0.05) is 5.41 Å². The van der Waals surface area contributed by atoms with Crippen molar-refractivity contribution in [1.82, 2.24) is 5.32 Å². The number of nitrogens with one attached hydrogen (secondary N) is 1. The lowest BCUT2D eigenvalue weighted by molar-refractivity contribution is -0.127. The van der Waals surface area contributed by atoms with Crippen LogP contribution in [0.5, 0.6) is 0 Å². The molecule has 0 aromatic carbocycles. The second-order valence-corrected chi connectivity index (χ2v) is 7.82. The van der Waals surface area contributed by atoms with Gasteiger partial charge in [-0.15, -0.1) is 0 Å². The third-order valence-corrected chi connectivity index (χ3v) is 5.66. The highest BCUT2D eigenvalue weighted by atomic mass is 31.2. The van der Waals surface area contributed by atoms with Crippen molar-refractivity contribution in [3.05, 3.63) is 0 Å². The summed E-state index contributed by atoms with van der Waals surface area (Å²) in [7, 11) is -3.19. The van der Waals surface area contributed by atoms with E-state index >= 15 is 0 Å². The first-order valence-electron chi connectivity index (χ1n) is 6.47. The molecule has 1 unspecified atom stereocenters. The van der Waals surface area contributed by atoms with Gasteiger partial charge in [0.15, 0.2) is 0 Å². The van der Waals surface area contributed by atoms with E-state index in [4.69, 9.17) is 13.8 Å². The molecule has 0 aliphatic carbocycles. The van der Waals surface area contributed by atoms with Gasteiger partial charge in [0.25, 0.3) is 0 Å². The van der Waals surface area contributed by atoms with Gasteiger partial charge in [0.05, 0.1) is 19.8 Å². The zero-order chi connectivity index (χ0) is 14.0. The molecule has 0 bridgehead atoms. The zero-order valence-corrected chi connectivity index (χ0v) is 13.2. The van der Waals surface area contributed by atoms with Crippen LogP contribution in [0, 0.1) is 5.41 Å². The third kappa shape index (κ3) is 3.55. The molecule has 1 N–H and O–H groups in total. The number of rotatable bonds is 5. The highest BCUT2D eigenvalue weighted by molar-refractivity contribution is 7.54. The second-order valence-electron chi connectivity index (χ2n) is 5.71. The van der Waals surface area contributed by atoms with E-state index in [1.54, 1.807) is 0 Å². The molecule has 1 atom stereocenters. The molecule has 1 fully saturated rings. The smallest absolute Gasteiger partial charge is 0.348 e. The quantitative estimate of drug-likeness (QED) is 0.784. The van der Waals surface area contributed by atoms with Crippen molar-refractivity contribution in [2.45, 2.75) is 53.1 Å². The van der Waals surface area contributed by atoms with Crippen molar-refractivity contribution < 1.29 is 18.3 Å². The highest BCUT2D eigenvalue weighted by Gasteiger charge is 2.51. The maximum atomic E-state index is 12.9. The molecule has 1 aliphatic rings. The number of hydrogen-bond donors (Lipinski definition) is 1. The van der Waals surface area contributed by atoms with E-state index in [1.165, 1.54) is 0 Å². The Bertz CT molecular complexity index is 320. The van der Waals surface area contributed by atoms with Crippen LogP contribution in [0.3, 0.4) is 0 Å². The first kappa shape index (κ1) is 16.1. The largest absolute Gasteiger partial charge is 0.361 e. The Labute approximate surface area is 110 Å². The van der Waals surface area contributed by atoms with Gasteiger partial charge in [-0.3, -0.25) is 9.88 Å². The summed E-state index contributed by atoms with van der Waals surface area (Å²) in [5.41, 5.74) is -0.834. The van der Waals surface area contributed by atoms with E-state index in [0.717, 1.165) is 0 Å². The summed E-state index contributed by atoms with van der Waals surface area (Å²) in [5, 5.41) is 3.26. The van der Waals surface area contributed by atoms with Crippen LogP contribution in [-0.2, 0) is 18.3 Å². The summed E-state index contributed by atoms with van der Waals surface area (Å²) in [6, 6.07) is 0. The molecular weight excluding hydrogens is 253 g/mol. The molecule has 0 amide bonds. The normalized spacial score (nSPS) is 27.1. The fourth-order valence-corrected chi connectivity index (χ4v) is 4.56. The number of hydrogen-bond acceptors (Lipinski definition) is 5. The summed E-state index contributed by atoms with van der Waals surface area (Å²) in [5.74, 6) is -0.367. The van der Waals surface area contributed by atoms with Crippen LogP contribution in [-0.4, -0.2) is 31.3 Å². The van der Waals surface area contributed by atoms with Gasteiger partial charge in [0.2, 0.25) is 0 Å². The predicted molar refractivity (Wildman–Crippen MR) is 71.6 cm³/mol. The van der Waals surface area contributed by atoms with Gasteiger partial charge in [-0.25, -0.2) is 0 Å². The van der Waals surface area contributed by atoms with Crippen molar-refractivity contribution in [3.63, 3.8) is 0 Å². The van der Waals surface area contributed by atoms with Crippen molar-refractivity contribution in [2.24, 2.45) is 5.41 Å². The third-order valence-electron chi connectivity index (χ3n) is 2.96. The fourth-order valence-electron chi connectivity index (χ4n) is 2.06. The van der Waals surface area contributed by atoms with Crippen molar-refractivity contribution in [3.8, 4) is 0 Å². The summed E-state index contributed by atoms with van der Waals surface area (Å²) < 4.78 is 29.5. The molecule has 1 saturated heterocycles. The lowest BCUT2D eigenvalue weighted by atomic mass is 9.92. The Morgan fingerprint density at radius 3 is 2.17 bits per heavy atom. The van der Waals surface area contributed by atoms with Crippen LogP contribution in [0.15, 0.2) is 0 Å². The van der Waals surface area contributed by atoms with E-state index in [1.807, 2.05) is 41.5 Å². The minimum absolute atomic E-state index is 0.310. The minimum atomic E-state index is -3.19. The van der Waals surface area contributed by atoms with Gasteiger partial charge in [-0.05, 0) is 27.7 Å². The average molecular weight is 279 g/mol. The lowest BCUT2D eigenvalue weighted by Gasteiger charge is -2.48. The molecule has 0 spiro atoms. The molecular formula is C12H26NO4P. The summed E-state index contributed by atoms with van der Waals surface area (Å²) >= 11 is 0. The van der Waals surface area contributed by atoms with Gasteiger partial charge in [-0.2, -0.15) is 0 Å². The Morgan fingerprint density at radius 1 is 1.22 bits per heavy atom. The van der Waals surface area contributed by atoms with Crippen LogP contribution in [0.4, 0.5) is 0 Å². The molecule has 18 heavy (non-hydrogen) atoms.